The summed E-state index contributed by atoms with van der Waals surface area (Å²) in [5.74, 6) is -1.19. The molecule has 2 heterocycles. The van der Waals surface area contributed by atoms with Crippen LogP contribution in [0.25, 0.3) is 11.3 Å². The summed E-state index contributed by atoms with van der Waals surface area (Å²) in [5, 5.41) is 7.56. The van der Waals surface area contributed by atoms with Gasteiger partial charge in [0.05, 0.1) is 17.8 Å². The second-order valence-corrected chi connectivity index (χ2v) is 7.68. The predicted molar refractivity (Wildman–Crippen MR) is 116 cm³/mol. The number of anilines is 2. The van der Waals surface area contributed by atoms with E-state index in [0.717, 1.165) is 11.3 Å². The third kappa shape index (κ3) is 4.89. The number of carbonyl (C=O) groups is 3. The van der Waals surface area contributed by atoms with Gasteiger partial charge in [-0.25, -0.2) is 4.98 Å². The summed E-state index contributed by atoms with van der Waals surface area (Å²) in [6.45, 7) is 1.45. The number of esters is 1. The Kier molecular flexibility index (Phi) is 5.94. The minimum absolute atomic E-state index is 0.312. The van der Waals surface area contributed by atoms with Gasteiger partial charge in [-0.1, -0.05) is 42.5 Å². The number of benzene rings is 2. The molecule has 158 valence electrons. The monoisotopic (exact) mass is 437 g/mol. The molecule has 1 aromatic heterocycles. The second kappa shape index (κ2) is 8.97. The first kappa shape index (κ1) is 20.5. The maximum absolute atomic E-state index is 12.4. The van der Waals surface area contributed by atoms with Crippen molar-refractivity contribution in [3.63, 3.8) is 0 Å². The lowest BCUT2D eigenvalue weighted by Crippen LogP contribution is -2.40. The van der Waals surface area contributed by atoms with E-state index in [4.69, 9.17) is 9.47 Å². The fourth-order valence-corrected chi connectivity index (χ4v) is 3.68. The average molecular weight is 437 g/mol. The maximum Gasteiger partial charge on any atom is 0.310 e. The lowest BCUT2D eigenvalue weighted by Gasteiger charge is -2.25. The fourth-order valence-electron chi connectivity index (χ4n) is 2.96. The molecule has 0 saturated heterocycles. The van der Waals surface area contributed by atoms with Crippen LogP contribution in [-0.2, 0) is 19.1 Å². The van der Waals surface area contributed by atoms with Crippen LogP contribution in [0.5, 0.6) is 5.75 Å². The van der Waals surface area contributed by atoms with Gasteiger partial charge in [-0.05, 0) is 19.1 Å². The Bertz CT molecular complexity index is 1120. The topological polar surface area (TPSA) is 107 Å². The molecule has 0 saturated carbocycles. The van der Waals surface area contributed by atoms with Gasteiger partial charge in [0.1, 0.15) is 5.75 Å². The van der Waals surface area contributed by atoms with Crippen molar-refractivity contribution < 1.29 is 23.9 Å². The van der Waals surface area contributed by atoms with Crippen LogP contribution in [0.15, 0.2) is 60.0 Å². The van der Waals surface area contributed by atoms with Gasteiger partial charge >= 0.3 is 5.97 Å². The van der Waals surface area contributed by atoms with Gasteiger partial charge in [-0.2, -0.15) is 0 Å². The summed E-state index contributed by atoms with van der Waals surface area (Å²) in [4.78, 5) is 41.2. The third-order valence-electron chi connectivity index (χ3n) is 4.54. The number of hydrogen-bond acceptors (Lipinski definition) is 7. The highest BCUT2D eigenvalue weighted by molar-refractivity contribution is 7.14. The number of carbonyl (C=O) groups excluding carboxylic acids is 3. The summed E-state index contributed by atoms with van der Waals surface area (Å²) >= 11 is 1.27. The van der Waals surface area contributed by atoms with E-state index in [2.05, 4.69) is 15.6 Å². The standard InChI is InChI=1S/C22H19N3O5S/c1-13(20(27)25-22-24-16(12-31-22)14-7-3-2-4-8-14)29-19(26)11-18-21(28)23-15-9-5-6-10-17(15)30-18/h2-10,12-13,18H,11H2,1H3,(H,23,28)(H,24,25,27)/t13-,18-/m1/s1. The molecule has 0 aliphatic carbocycles. The molecule has 0 fully saturated rings. The van der Waals surface area contributed by atoms with E-state index < -0.39 is 30.0 Å². The van der Waals surface area contributed by atoms with E-state index in [-0.39, 0.29) is 6.42 Å². The van der Waals surface area contributed by atoms with E-state index in [1.54, 1.807) is 24.3 Å². The Morgan fingerprint density at radius 1 is 1.19 bits per heavy atom. The molecule has 2 N–H and O–H groups in total. The van der Waals surface area contributed by atoms with Crippen LogP contribution in [0.2, 0.25) is 0 Å². The number of ether oxygens (including phenoxy) is 2. The number of para-hydroxylation sites is 2. The van der Waals surface area contributed by atoms with Crippen molar-refractivity contribution in [3.8, 4) is 17.0 Å². The number of fused-ring (bicyclic) bond motifs is 1. The normalized spacial score (nSPS) is 15.8. The highest BCUT2D eigenvalue weighted by Crippen LogP contribution is 2.30. The summed E-state index contributed by atoms with van der Waals surface area (Å²) < 4.78 is 10.8. The van der Waals surface area contributed by atoms with Gasteiger partial charge in [-0.15, -0.1) is 11.3 Å². The number of hydrogen-bond donors (Lipinski definition) is 2. The summed E-state index contributed by atoms with van der Waals surface area (Å²) in [6.07, 6.45) is -2.40. The molecular weight excluding hydrogens is 418 g/mol. The zero-order chi connectivity index (χ0) is 21.8. The van der Waals surface area contributed by atoms with Crippen LogP contribution in [0.3, 0.4) is 0 Å². The smallest absolute Gasteiger partial charge is 0.310 e. The van der Waals surface area contributed by atoms with Crippen molar-refractivity contribution >= 4 is 39.9 Å². The molecule has 1 aliphatic rings. The largest absolute Gasteiger partial charge is 0.478 e. The minimum Gasteiger partial charge on any atom is -0.478 e. The van der Waals surface area contributed by atoms with Gasteiger partial charge in [-0.3, -0.25) is 19.7 Å². The van der Waals surface area contributed by atoms with Gasteiger partial charge in [0.25, 0.3) is 11.8 Å². The number of nitrogens with one attached hydrogen (secondary N) is 2. The highest BCUT2D eigenvalue weighted by atomic mass is 32.1. The molecule has 4 rings (SSSR count). The lowest BCUT2D eigenvalue weighted by molar-refractivity contribution is -0.155. The molecule has 9 heteroatoms. The van der Waals surface area contributed by atoms with Crippen molar-refractivity contribution in [3.05, 3.63) is 60.0 Å². The molecular formula is C22H19N3O5S. The summed E-state index contributed by atoms with van der Waals surface area (Å²) in [6, 6.07) is 16.5. The van der Waals surface area contributed by atoms with E-state index in [1.807, 2.05) is 35.7 Å². The van der Waals surface area contributed by atoms with Gasteiger partial charge in [0.2, 0.25) is 0 Å². The van der Waals surface area contributed by atoms with E-state index >= 15 is 0 Å². The van der Waals surface area contributed by atoms with Crippen LogP contribution in [0.1, 0.15) is 13.3 Å². The highest BCUT2D eigenvalue weighted by Gasteiger charge is 2.31. The van der Waals surface area contributed by atoms with Gasteiger partial charge < -0.3 is 14.8 Å². The van der Waals surface area contributed by atoms with Gasteiger partial charge in [0.15, 0.2) is 17.3 Å². The van der Waals surface area contributed by atoms with Crippen molar-refractivity contribution in [2.45, 2.75) is 25.6 Å². The van der Waals surface area contributed by atoms with Crippen LogP contribution in [-0.4, -0.2) is 35.0 Å². The number of rotatable bonds is 6. The zero-order valence-electron chi connectivity index (χ0n) is 16.5. The average Bonchev–Trinajstić information content (AvgIpc) is 3.23. The van der Waals surface area contributed by atoms with E-state index in [9.17, 15) is 14.4 Å². The quantitative estimate of drug-likeness (QED) is 0.572. The Hall–Kier alpha value is -3.72. The minimum atomic E-state index is -1.06. The molecule has 8 nitrogen and oxygen atoms in total. The first-order valence-corrected chi connectivity index (χ1v) is 10.5. The van der Waals surface area contributed by atoms with Crippen molar-refractivity contribution in [2.75, 3.05) is 10.6 Å². The Balaban J connectivity index is 1.30. The van der Waals surface area contributed by atoms with Crippen molar-refractivity contribution in [1.82, 2.24) is 4.98 Å². The SMILES string of the molecule is C[C@@H](OC(=O)C[C@H]1Oc2ccccc2NC1=O)C(=O)Nc1nc(-c2ccccc2)cs1. The molecule has 2 atom stereocenters. The maximum atomic E-state index is 12.4. The first-order chi connectivity index (χ1) is 15.0. The number of aromatic nitrogens is 1. The van der Waals surface area contributed by atoms with Crippen molar-refractivity contribution in [1.29, 1.82) is 0 Å². The van der Waals surface area contributed by atoms with Crippen LogP contribution in [0, 0.1) is 0 Å². The Labute approximate surface area is 182 Å². The molecule has 1 aliphatic heterocycles. The molecule has 0 bridgehead atoms. The Morgan fingerprint density at radius 2 is 1.94 bits per heavy atom. The lowest BCUT2D eigenvalue weighted by atomic mass is 10.1. The van der Waals surface area contributed by atoms with Crippen molar-refractivity contribution in [2.24, 2.45) is 0 Å². The van der Waals surface area contributed by atoms with Crippen LogP contribution in [0.4, 0.5) is 10.8 Å². The molecule has 0 unspecified atom stereocenters. The molecule has 0 radical (unpaired) electrons. The number of thiazole rings is 1. The molecule has 3 aromatic rings. The molecule has 0 spiro atoms. The van der Waals surface area contributed by atoms with E-state index in [0.29, 0.717) is 16.6 Å². The number of amides is 2. The van der Waals surface area contributed by atoms with Crippen LogP contribution < -0.4 is 15.4 Å². The summed E-state index contributed by atoms with van der Waals surface area (Å²) in [5.41, 5.74) is 2.22. The molecule has 2 aromatic carbocycles. The number of nitrogens with zero attached hydrogens (tertiary/aromatic N) is 1. The molecule has 2 amide bonds. The fraction of sp³-hybridized carbons (Fsp3) is 0.182. The Morgan fingerprint density at radius 3 is 2.74 bits per heavy atom. The zero-order valence-corrected chi connectivity index (χ0v) is 17.3. The second-order valence-electron chi connectivity index (χ2n) is 6.82. The van der Waals surface area contributed by atoms with E-state index in [1.165, 1.54) is 18.3 Å². The van der Waals surface area contributed by atoms with Crippen LogP contribution >= 0.6 is 11.3 Å². The summed E-state index contributed by atoms with van der Waals surface area (Å²) in [7, 11) is 0. The first-order valence-electron chi connectivity index (χ1n) is 9.57. The molecule has 31 heavy (non-hydrogen) atoms. The predicted octanol–water partition coefficient (Wildman–Crippen LogP) is 3.47. The third-order valence-corrected chi connectivity index (χ3v) is 5.30. The van der Waals surface area contributed by atoms with Gasteiger partial charge in [0, 0.05) is 10.9 Å².